The maximum atomic E-state index is 12.7. The van der Waals surface area contributed by atoms with Gasteiger partial charge in [-0.15, -0.1) is 24.0 Å². The summed E-state index contributed by atoms with van der Waals surface area (Å²) in [6.45, 7) is 6.95. The smallest absolute Gasteiger partial charge is 0.225 e. The summed E-state index contributed by atoms with van der Waals surface area (Å²) in [5, 5.41) is 7.15. The van der Waals surface area contributed by atoms with E-state index in [1.54, 1.807) is 0 Å². The first-order valence-electron chi connectivity index (χ1n) is 12.2. The van der Waals surface area contributed by atoms with Crippen molar-refractivity contribution in [1.29, 1.82) is 0 Å². The van der Waals surface area contributed by atoms with Gasteiger partial charge in [-0.25, -0.2) is 0 Å². The summed E-state index contributed by atoms with van der Waals surface area (Å²) in [7, 11) is 1.84. The number of guanidine groups is 1. The van der Waals surface area contributed by atoms with Crippen LogP contribution in [0.1, 0.15) is 62.1 Å². The maximum absolute atomic E-state index is 12.7. The van der Waals surface area contributed by atoms with Crippen molar-refractivity contribution in [2.75, 3.05) is 39.8 Å². The number of carbonyl (C=O) groups is 1. The Bertz CT molecular complexity index is 756. The summed E-state index contributed by atoms with van der Waals surface area (Å²) in [6.07, 6.45) is 8.13. The number of amides is 1. The summed E-state index contributed by atoms with van der Waals surface area (Å²) in [5.74, 6) is 1.49. The van der Waals surface area contributed by atoms with Crippen LogP contribution in [0.25, 0.3) is 0 Å². The van der Waals surface area contributed by atoms with Crippen LogP contribution >= 0.6 is 24.0 Å². The zero-order valence-electron chi connectivity index (χ0n) is 19.7. The fourth-order valence-corrected chi connectivity index (χ4v) is 5.39. The Hall–Kier alpha value is -1.35. The first kappa shape index (κ1) is 25.3. The van der Waals surface area contributed by atoms with Crippen LogP contribution in [-0.2, 0) is 4.79 Å². The number of aryl methyl sites for hydroxylation is 1. The highest BCUT2D eigenvalue weighted by Gasteiger charge is 2.32. The van der Waals surface area contributed by atoms with Gasteiger partial charge in [0.15, 0.2) is 5.96 Å². The number of halogens is 1. The number of likely N-dealkylation sites (tertiary alicyclic amines) is 2. The molecule has 2 aliphatic heterocycles. The van der Waals surface area contributed by atoms with Gasteiger partial charge in [0.25, 0.3) is 0 Å². The predicted molar refractivity (Wildman–Crippen MR) is 142 cm³/mol. The van der Waals surface area contributed by atoms with E-state index in [4.69, 9.17) is 0 Å². The largest absolute Gasteiger partial charge is 0.354 e. The van der Waals surface area contributed by atoms with Gasteiger partial charge in [-0.2, -0.15) is 0 Å². The molecular weight excluding hydrogens is 513 g/mol. The summed E-state index contributed by atoms with van der Waals surface area (Å²) in [5.41, 5.74) is 2.66. The Morgan fingerprint density at radius 1 is 1.06 bits per heavy atom. The molecule has 2 unspecified atom stereocenters. The second-order valence-corrected chi connectivity index (χ2v) is 9.52. The van der Waals surface area contributed by atoms with Crippen LogP contribution in [0.15, 0.2) is 29.3 Å². The normalized spacial score (nSPS) is 23.2. The number of hydrogen-bond donors (Lipinski definition) is 2. The van der Waals surface area contributed by atoms with Gasteiger partial charge < -0.3 is 15.5 Å². The number of rotatable bonds is 6. The average molecular weight is 554 g/mol. The highest BCUT2D eigenvalue weighted by molar-refractivity contribution is 14.0. The first-order chi connectivity index (χ1) is 15.1. The molecule has 1 aliphatic carbocycles. The van der Waals surface area contributed by atoms with Crippen LogP contribution in [0.5, 0.6) is 0 Å². The van der Waals surface area contributed by atoms with Crippen molar-refractivity contribution in [3.05, 3.63) is 35.4 Å². The number of nitrogens with one attached hydrogen (secondary N) is 2. The molecule has 2 N–H and O–H groups in total. The van der Waals surface area contributed by atoms with Crippen LogP contribution < -0.4 is 10.6 Å². The van der Waals surface area contributed by atoms with E-state index in [2.05, 4.69) is 56.6 Å². The van der Waals surface area contributed by atoms with E-state index in [-0.39, 0.29) is 35.9 Å². The van der Waals surface area contributed by atoms with Gasteiger partial charge in [0.2, 0.25) is 5.91 Å². The minimum absolute atomic E-state index is 0. The third kappa shape index (κ3) is 6.37. The van der Waals surface area contributed by atoms with Gasteiger partial charge in [0.1, 0.15) is 0 Å². The Balaban J connectivity index is 0.00000289. The summed E-state index contributed by atoms with van der Waals surface area (Å²) in [4.78, 5) is 21.9. The molecule has 2 atom stereocenters. The second-order valence-electron chi connectivity index (χ2n) is 9.52. The summed E-state index contributed by atoms with van der Waals surface area (Å²) < 4.78 is 0. The molecule has 0 spiro atoms. The van der Waals surface area contributed by atoms with Crippen molar-refractivity contribution >= 4 is 35.8 Å². The Kier molecular flexibility index (Phi) is 9.64. The molecule has 0 aromatic heterocycles. The van der Waals surface area contributed by atoms with Gasteiger partial charge >= 0.3 is 0 Å². The number of nitrogens with zero attached hydrogens (tertiary/aromatic N) is 3. The van der Waals surface area contributed by atoms with Gasteiger partial charge in [0.05, 0.1) is 6.04 Å². The lowest BCUT2D eigenvalue weighted by atomic mass is 10.0. The lowest BCUT2D eigenvalue weighted by molar-refractivity contribution is -0.134. The highest BCUT2D eigenvalue weighted by Crippen LogP contribution is 2.28. The quantitative estimate of drug-likeness (QED) is 0.321. The molecule has 7 heteroatoms. The minimum atomic E-state index is 0. The SMILES string of the molecule is CN=C(NCC(c1ccc(C)cc1)N1CCCC1)NC1CCN(C(=O)C2CCCC2)C1.I. The Labute approximate surface area is 210 Å². The van der Waals surface area contributed by atoms with Crippen LogP contribution in [0.2, 0.25) is 0 Å². The van der Waals surface area contributed by atoms with Crippen LogP contribution in [0, 0.1) is 12.8 Å². The van der Waals surface area contributed by atoms with E-state index < -0.39 is 0 Å². The molecule has 1 amide bonds. The lowest BCUT2D eigenvalue weighted by Gasteiger charge is -2.29. The molecule has 6 nitrogen and oxygen atoms in total. The number of benzene rings is 1. The van der Waals surface area contributed by atoms with Crippen molar-refractivity contribution in [3.63, 3.8) is 0 Å². The van der Waals surface area contributed by atoms with E-state index >= 15 is 0 Å². The third-order valence-corrected chi connectivity index (χ3v) is 7.28. The van der Waals surface area contributed by atoms with Gasteiger partial charge in [0, 0.05) is 38.6 Å². The van der Waals surface area contributed by atoms with Crippen molar-refractivity contribution in [2.24, 2.45) is 10.9 Å². The van der Waals surface area contributed by atoms with E-state index in [0.29, 0.717) is 11.9 Å². The molecule has 1 saturated carbocycles. The first-order valence-corrected chi connectivity index (χ1v) is 12.2. The van der Waals surface area contributed by atoms with E-state index in [1.807, 2.05) is 7.05 Å². The van der Waals surface area contributed by atoms with E-state index in [9.17, 15) is 4.79 Å². The molecule has 4 rings (SSSR count). The molecule has 2 saturated heterocycles. The molecule has 3 fully saturated rings. The number of aliphatic imine (C=N–C) groups is 1. The number of hydrogen-bond acceptors (Lipinski definition) is 3. The minimum Gasteiger partial charge on any atom is -0.354 e. The third-order valence-electron chi connectivity index (χ3n) is 7.28. The molecule has 1 aromatic carbocycles. The van der Waals surface area contributed by atoms with Gasteiger partial charge in [-0.3, -0.25) is 14.7 Å². The molecule has 0 bridgehead atoms. The molecule has 178 valence electrons. The lowest BCUT2D eigenvalue weighted by Crippen LogP contribution is -2.47. The predicted octanol–water partition coefficient (Wildman–Crippen LogP) is 3.71. The Morgan fingerprint density at radius 2 is 1.75 bits per heavy atom. The zero-order valence-corrected chi connectivity index (χ0v) is 22.0. The van der Waals surface area contributed by atoms with Crippen molar-refractivity contribution < 1.29 is 4.79 Å². The van der Waals surface area contributed by atoms with Crippen LogP contribution in [0.4, 0.5) is 0 Å². The fraction of sp³-hybridized carbons (Fsp3) is 0.680. The van der Waals surface area contributed by atoms with Crippen molar-refractivity contribution in [3.8, 4) is 0 Å². The van der Waals surface area contributed by atoms with E-state index in [1.165, 1.54) is 36.8 Å². The highest BCUT2D eigenvalue weighted by atomic mass is 127. The molecular formula is C25H40IN5O. The van der Waals surface area contributed by atoms with Crippen molar-refractivity contribution in [1.82, 2.24) is 20.4 Å². The van der Waals surface area contributed by atoms with Crippen LogP contribution in [0.3, 0.4) is 0 Å². The van der Waals surface area contributed by atoms with Gasteiger partial charge in [-0.1, -0.05) is 42.7 Å². The summed E-state index contributed by atoms with van der Waals surface area (Å²) in [6, 6.07) is 9.58. The Morgan fingerprint density at radius 3 is 2.41 bits per heavy atom. The van der Waals surface area contributed by atoms with E-state index in [0.717, 1.165) is 57.9 Å². The zero-order chi connectivity index (χ0) is 21.6. The average Bonchev–Trinajstić information content (AvgIpc) is 3.56. The number of carbonyl (C=O) groups excluding carboxylic acids is 1. The molecule has 2 heterocycles. The maximum Gasteiger partial charge on any atom is 0.225 e. The van der Waals surface area contributed by atoms with Crippen molar-refractivity contribution in [2.45, 2.75) is 64.0 Å². The second kappa shape index (κ2) is 12.2. The molecule has 1 aromatic rings. The summed E-state index contributed by atoms with van der Waals surface area (Å²) >= 11 is 0. The van der Waals surface area contributed by atoms with Gasteiger partial charge in [-0.05, 0) is 57.7 Å². The van der Waals surface area contributed by atoms with Crippen LogP contribution in [-0.4, -0.2) is 67.5 Å². The molecule has 0 radical (unpaired) electrons. The molecule has 3 aliphatic rings. The standard InChI is InChI=1S/C25H39N5O.HI/c1-19-9-11-20(12-10-19)23(29-14-5-6-15-29)17-27-25(26-2)28-22-13-16-30(18-22)24(31)21-7-3-4-8-21;/h9-12,21-23H,3-8,13-18H2,1-2H3,(H2,26,27,28);1H. The fourth-order valence-electron chi connectivity index (χ4n) is 5.39. The monoisotopic (exact) mass is 553 g/mol. The molecule has 32 heavy (non-hydrogen) atoms. The topological polar surface area (TPSA) is 60.0 Å².